The van der Waals surface area contributed by atoms with Crippen LogP contribution in [-0.2, 0) is 7.05 Å². The van der Waals surface area contributed by atoms with Crippen molar-refractivity contribution in [2.45, 2.75) is 27.2 Å². The summed E-state index contributed by atoms with van der Waals surface area (Å²) >= 11 is 0. The lowest BCUT2D eigenvalue weighted by molar-refractivity contribution is 0.307. The molecule has 2 rings (SSSR count). The molecule has 4 heteroatoms. The van der Waals surface area contributed by atoms with E-state index in [9.17, 15) is 10.4 Å². The molecule has 2 aromatic rings. The van der Waals surface area contributed by atoms with Crippen LogP contribution in [0.3, 0.4) is 0 Å². The van der Waals surface area contributed by atoms with E-state index in [1.807, 2.05) is 56.7 Å². The number of benzene rings is 1. The molecule has 0 aliphatic heterocycles. The lowest BCUT2D eigenvalue weighted by atomic mass is 9.90. The average Bonchev–Trinajstić information content (AvgIpc) is 2.66. The van der Waals surface area contributed by atoms with Crippen LogP contribution in [0, 0.1) is 16.7 Å². The number of nitrogens with zero attached hydrogens (tertiary/aromatic N) is 3. The van der Waals surface area contributed by atoms with E-state index in [2.05, 4.69) is 11.1 Å². The van der Waals surface area contributed by atoms with Crippen LogP contribution in [0.25, 0.3) is 16.6 Å². The van der Waals surface area contributed by atoms with Crippen molar-refractivity contribution in [3.05, 3.63) is 35.8 Å². The van der Waals surface area contributed by atoms with Gasteiger partial charge in [0, 0.05) is 13.5 Å². The third-order valence-corrected chi connectivity index (χ3v) is 3.11. The predicted octanol–water partition coefficient (Wildman–Crippen LogP) is 3.80. The molecule has 0 radical (unpaired) electrons. The molecule has 1 N–H and O–H groups in total. The summed E-state index contributed by atoms with van der Waals surface area (Å²) in [6, 6.07) is 9.77. The zero-order valence-electron chi connectivity index (χ0n) is 12.3. The number of para-hydroxylation sites is 2. The first-order valence-corrected chi connectivity index (χ1v) is 6.57. The van der Waals surface area contributed by atoms with E-state index >= 15 is 0 Å². The van der Waals surface area contributed by atoms with Crippen LogP contribution < -0.4 is 0 Å². The largest absolute Gasteiger partial charge is 0.511 e. The second-order valence-electron chi connectivity index (χ2n) is 6.15. The number of imidazole rings is 1. The van der Waals surface area contributed by atoms with E-state index in [0.29, 0.717) is 12.2 Å². The summed E-state index contributed by atoms with van der Waals surface area (Å²) < 4.78 is 1.84. The molecule has 0 bridgehead atoms. The lowest BCUT2D eigenvalue weighted by Crippen LogP contribution is -2.08. The highest BCUT2D eigenvalue weighted by Gasteiger charge is 2.20. The molecule has 0 amide bonds. The van der Waals surface area contributed by atoms with Crippen LogP contribution in [0.4, 0.5) is 0 Å². The molecular weight excluding hydrogens is 250 g/mol. The fourth-order valence-corrected chi connectivity index (χ4v) is 2.20. The van der Waals surface area contributed by atoms with Gasteiger partial charge in [-0.05, 0) is 17.5 Å². The van der Waals surface area contributed by atoms with Crippen LogP contribution in [-0.4, -0.2) is 14.7 Å². The Morgan fingerprint density at radius 1 is 1.35 bits per heavy atom. The zero-order chi connectivity index (χ0) is 14.9. The average molecular weight is 269 g/mol. The maximum Gasteiger partial charge on any atom is 0.155 e. The van der Waals surface area contributed by atoms with Crippen LogP contribution in [0.1, 0.15) is 33.0 Å². The van der Waals surface area contributed by atoms with Crippen molar-refractivity contribution in [2.75, 3.05) is 0 Å². The molecule has 0 aliphatic carbocycles. The van der Waals surface area contributed by atoms with Crippen molar-refractivity contribution >= 4 is 16.6 Å². The van der Waals surface area contributed by atoms with Crippen LogP contribution >= 0.6 is 0 Å². The summed E-state index contributed by atoms with van der Waals surface area (Å²) in [5.74, 6) is 0.605. The van der Waals surface area contributed by atoms with E-state index in [1.54, 1.807) is 0 Å². The number of fused-ring (bicyclic) bond motifs is 1. The summed E-state index contributed by atoms with van der Waals surface area (Å²) in [5.41, 5.74) is 1.93. The number of aromatic nitrogens is 2. The van der Waals surface area contributed by atoms with E-state index < -0.39 is 0 Å². The third kappa shape index (κ3) is 2.67. The maximum atomic E-state index is 10.3. The second-order valence-corrected chi connectivity index (χ2v) is 6.15. The van der Waals surface area contributed by atoms with Gasteiger partial charge in [-0.2, -0.15) is 5.26 Å². The minimum atomic E-state index is -0.0865. The second kappa shape index (κ2) is 5.01. The Bertz CT molecular complexity index is 711. The van der Waals surface area contributed by atoms with Crippen molar-refractivity contribution in [3.8, 4) is 6.07 Å². The first-order valence-electron chi connectivity index (χ1n) is 6.57. The molecule has 0 saturated heterocycles. The number of hydrogen-bond donors (Lipinski definition) is 1. The standard InChI is InChI=1S/C16H19N3O/c1-16(2,3)9-14(20)11(10-17)15-18-12-7-5-6-8-13(12)19(15)4/h5-8,20H,9H2,1-4H3. The van der Waals surface area contributed by atoms with Gasteiger partial charge in [-0.25, -0.2) is 4.98 Å². The van der Waals surface area contributed by atoms with Crippen molar-refractivity contribution in [1.29, 1.82) is 5.26 Å². The molecule has 1 aromatic carbocycles. The van der Waals surface area contributed by atoms with Gasteiger partial charge in [-0.1, -0.05) is 32.9 Å². The molecule has 0 atom stereocenters. The molecule has 1 aromatic heterocycles. The normalized spacial score (nSPS) is 13.2. The number of aryl methyl sites for hydroxylation is 1. The zero-order valence-corrected chi connectivity index (χ0v) is 12.3. The number of aliphatic hydroxyl groups excluding tert-OH is 1. The van der Waals surface area contributed by atoms with Crippen LogP contribution in [0.5, 0.6) is 0 Å². The third-order valence-electron chi connectivity index (χ3n) is 3.11. The smallest absolute Gasteiger partial charge is 0.155 e. The lowest BCUT2D eigenvalue weighted by Gasteiger charge is -2.17. The van der Waals surface area contributed by atoms with Crippen molar-refractivity contribution in [1.82, 2.24) is 9.55 Å². The van der Waals surface area contributed by atoms with Crippen LogP contribution in [0.15, 0.2) is 30.0 Å². The minimum absolute atomic E-state index is 0.0865. The molecule has 0 saturated carbocycles. The molecule has 0 aliphatic rings. The van der Waals surface area contributed by atoms with Crippen molar-refractivity contribution < 1.29 is 5.11 Å². The summed E-state index contributed by atoms with van der Waals surface area (Å²) in [4.78, 5) is 4.46. The number of hydrogen-bond acceptors (Lipinski definition) is 3. The van der Waals surface area contributed by atoms with Crippen molar-refractivity contribution in [2.24, 2.45) is 12.5 Å². The van der Waals surface area contributed by atoms with Gasteiger partial charge in [0.15, 0.2) is 5.82 Å². The highest BCUT2D eigenvalue weighted by molar-refractivity contribution is 5.83. The first-order chi connectivity index (χ1) is 9.33. The SMILES string of the molecule is Cn1c(C(C#N)=C(O)CC(C)(C)C)nc2ccccc21. The van der Waals surface area contributed by atoms with Gasteiger partial charge in [-0.15, -0.1) is 0 Å². The molecule has 0 unspecified atom stereocenters. The van der Waals surface area contributed by atoms with Gasteiger partial charge in [0.25, 0.3) is 0 Å². The fraction of sp³-hybridized carbons (Fsp3) is 0.375. The Kier molecular flexibility index (Phi) is 3.54. The van der Waals surface area contributed by atoms with Gasteiger partial charge in [0.1, 0.15) is 17.4 Å². The quantitative estimate of drug-likeness (QED) is 0.666. The molecule has 20 heavy (non-hydrogen) atoms. The molecule has 104 valence electrons. The number of aliphatic hydroxyl groups is 1. The minimum Gasteiger partial charge on any atom is -0.511 e. The highest BCUT2D eigenvalue weighted by Crippen LogP contribution is 2.28. The number of nitriles is 1. The molecule has 0 spiro atoms. The molecule has 4 nitrogen and oxygen atoms in total. The first kappa shape index (κ1) is 14.1. The summed E-state index contributed by atoms with van der Waals surface area (Å²) in [6.45, 7) is 6.06. The van der Waals surface area contributed by atoms with E-state index in [4.69, 9.17) is 0 Å². The fourth-order valence-electron chi connectivity index (χ4n) is 2.20. The molecule has 1 heterocycles. The Labute approximate surface area is 119 Å². The van der Waals surface area contributed by atoms with Crippen LogP contribution in [0.2, 0.25) is 0 Å². The van der Waals surface area contributed by atoms with Crippen molar-refractivity contribution in [3.63, 3.8) is 0 Å². The summed E-state index contributed by atoms with van der Waals surface area (Å²) in [7, 11) is 1.85. The molecule has 0 fully saturated rings. The predicted molar refractivity (Wildman–Crippen MR) is 79.9 cm³/mol. The summed E-state index contributed by atoms with van der Waals surface area (Å²) in [6.07, 6.45) is 0.444. The van der Waals surface area contributed by atoms with E-state index in [0.717, 1.165) is 11.0 Å². The Morgan fingerprint density at radius 2 is 2.00 bits per heavy atom. The van der Waals surface area contributed by atoms with E-state index in [1.165, 1.54) is 0 Å². The number of allylic oxidation sites excluding steroid dienone is 2. The maximum absolute atomic E-state index is 10.3. The molecular formula is C16H19N3O. The highest BCUT2D eigenvalue weighted by atomic mass is 16.3. The number of rotatable bonds is 2. The topological polar surface area (TPSA) is 61.8 Å². The monoisotopic (exact) mass is 269 g/mol. The van der Waals surface area contributed by atoms with Gasteiger partial charge >= 0.3 is 0 Å². The summed E-state index contributed by atoms with van der Waals surface area (Å²) in [5, 5.41) is 19.6. The van der Waals surface area contributed by atoms with Gasteiger partial charge < -0.3 is 9.67 Å². The Hall–Kier alpha value is -2.28. The van der Waals surface area contributed by atoms with E-state index in [-0.39, 0.29) is 16.7 Å². The van der Waals surface area contributed by atoms with Gasteiger partial charge in [0.05, 0.1) is 11.0 Å². The Balaban J connectivity index is 2.58. The Morgan fingerprint density at radius 3 is 2.55 bits per heavy atom. The van der Waals surface area contributed by atoms with Gasteiger partial charge in [0.2, 0.25) is 0 Å². The van der Waals surface area contributed by atoms with Gasteiger partial charge in [-0.3, -0.25) is 0 Å².